The van der Waals surface area contributed by atoms with Gasteiger partial charge in [-0.3, -0.25) is 0 Å². The second kappa shape index (κ2) is 5.02. The van der Waals surface area contributed by atoms with Gasteiger partial charge in [-0.05, 0) is 17.7 Å². The van der Waals surface area contributed by atoms with Crippen LogP contribution in [-0.4, -0.2) is 39.7 Å². The molecule has 1 atom stereocenters. The zero-order valence-corrected chi connectivity index (χ0v) is 11.4. The van der Waals surface area contributed by atoms with E-state index in [2.05, 4.69) is 5.32 Å². The number of rotatable bonds is 1. The maximum Gasteiger partial charge on any atom is 0.161 e. The summed E-state index contributed by atoms with van der Waals surface area (Å²) in [5, 5.41) is 3.24. The Kier molecular flexibility index (Phi) is 3.36. The molecule has 5 nitrogen and oxygen atoms in total. The van der Waals surface area contributed by atoms with E-state index in [1.807, 2.05) is 18.2 Å². The van der Waals surface area contributed by atoms with Gasteiger partial charge < -0.3 is 14.8 Å². The number of fused-ring (bicyclic) bond motifs is 1. The van der Waals surface area contributed by atoms with Crippen LogP contribution < -0.4 is 14.8 Å². The molecule has 3 rings (SSSR count). The van der Waals surface area contributed by atoms with Gasteiger partial charge in [0, 0.05) is 19.0 Å². The fourth-order valence-corrected chi connectivity index (χ4v) is 3.81. The number of benzene rings is 1. The lowest BCUT2D eigenvalue weighted by Crippen LogP contribution is -2.39. The average Bonchev–Trinajstić information content (AvgIpc) is 2.61. The maximum atomic E-state index is 11.7. The summed E-state index contributed by atoms with van der Waals surface area (Å²) in [5.74, 6) is 1.81. The predicted octanol–water partition coefficient (Wildman–Crippen LogP) is 0.907. The molecular formula is C13H17NO4S. The van der Waals surface area contributed by atoms with Gasteiger partial charge in [0.05, 0.1) is 24.7 Å². The van der Waals surface area contributed by atoms with E-state index in [9.17, 15) is 8.42 Å². The van der Waals surface area contributed by atoms with E-state index >= 15 is 0 Å². The minimum Gasteiger partial charge on any atom is -0.490 e. The Balaban J connectivity index is 1.87. The van der Waals surface area contributed by atoms with E-state index in [0.717, 1.165) is 17.7 Å². The zero-order chi connectivity index (χ0) is 13.3. The molecule has 1 N–H and O–H groups in total. The Morgan fingerprint density at radius 3 is 2.74 bits per heavy atom. The first-order valence-electron chi connectivity index (χ1n) is 6.47. The molecule has 2 aliphatic rings. The third-order valence-corrected chi connectivity index (χ3v) is 5.07. The maximum absolute atomic E-state index is 11.7. The number of hydrogen-bond donors (Lipinski definition) is 1. The molecule has 0 saturated carbocycles. The zero-order valence-electron chi connectivity index (χ0n) is 10.6. The first kappa shape index (κ1) is 12.7. The summed E-state index contributed by atoms with van der Waals surface area (Å²) in [4.78, 5) is 0. The third kappa shape index (κ3) is 2.84. The lowest BCUT2D eigenvalue weighted by atomic mass is 10.1. The molecule has 0 bridgehead atoms. The first-order chi connectivity index (χ1) is 9.14. The van der Waals surface area contributed by atoms with E-state index in [0.29, 0.717) is 25.5 Å². The quantitative estimate of drug-likeness (QED) is 0.830. The average molecular weight is 283 g/mol. The molecule has 0 spiro atoms. The lowest BCUT2D eigenvalue weighted by molar-refractivity contribution is 0.297. The van der Waals surface area contributed by atoms with Crippen molar-refractivity contribution in [2.75, 3.05) is 31.3 Å². The van der Waals surface area contributed by atoms with E-state index in [1.54, 1.807) is 0 Å². The van der Waals surface area contributed by atoms with Gasteiger partial charge in [-0.1, -0.05) is 6.07 Å². The molecule has 0 radical (unpaired) electrons. The molecule has 19 heavy (non-hydrogen) atoms. The van der Waals surface area contributed by atoms with Crippen molar-refractivity contribution < 1.29 is 17.9 Å². The van der Waals surface area contributed by atoms with Crippen LogP contribution in [0, 0.1) is 0 Å². The summed E-state index contributed by atoms with van der Waals surface area (Å²) in [7, 11) is -2.94. The lowest BCUT2D eigenvalue weighted by Gasteiger charge is -2.24. The molecule has 1 unspecified atom stereocenters. The summed E-state index contributed by atoms with van der Waals surface area (Å²) in [5.41, 5.74) is 0.938. The van der Waals surface area contributed by atoms with Crippen molar-refractivity contribution in [1.29, 1.82) is 0 Å². The van der Waals surface area contributed by atoms with Crippen LogP contribution in [0.2, 0.25) is 0 Å². The van der Waals surface area contributed by atoms with E-state index in [4.69, 9.17) is 9.47 Å². The molecular weight excluding hydrogens is 266 g/mol. The van der Waals surface area contributed by atoms with Crippen LogP contribution in [0.1, 0.15) is 18.0 Å². The Bertz CT molecular complexity index is 570. The van der Waals surface area contributed by atoms with E-state index in [-0.39, 0.29) is 17.5 Å². The number of nitrogens with one attached hydrogen (secondary N) is 1. The highest BCUT2D eigenvalue weighted by molar-refractivity contribution is 7.91. The fourth-order valence-electron chi connectivity index (χ4n) is 2.40. The Morgan fingerprint density at radius 1 is 1.16 bits per heavy atom. The largest absolute Gasteiger partial charge is 0.490 e. The summed E-state index contributed by atoms with van der Waals surface area (Å²) >= 11 is 0. The van der Waals surface area contributed by atoms with Gasteiger partial charge in [0.2, 0.25) is 0 Å². The van der Waals surface area contributed by atoms with E-state index in [1.165, 1.54) is 0 Å². The van der Waals surface area contributed by atoms with Gasteiger partial charge in [-0.25, -0.2) is 8.42 Å². The minimum atomic E-state index is -2.94. The number of hydrogen-bond acceptors (Lipinski definition) is 5. The second-order valence-corrected chi connectivity index (χ2v) is 7.11. The van der Waals surface area contributed by atoms with Crippen LogP contribution in [0.4, 0.5) is 0 Å². The molecule has 1 aromatic carbocycles. The third-order valence-electron chi connectivity index (χ3n) is 3.40. The van der Waals surface area contributed by atoms with Crippen molar-refractivity contribution in [1.82, 2.24) is 5.32 Å². The van der Waals surface area contributed by atoms with Gasteiger partial charge in [0.1, 0.15) is 0 Å². The van der Waals surface area contributed by atoms with Crippen molar-refractivity contribution in [3.8, 4) is 11.5 Å². The summed E-state index contributed by atoms with van der Waals surface area (Å²) in [6, 6.07) is 5.50. The number of ether oxygens (including phenoxy) is 2. The molecule has 1 saturated heterocycles. The normalized spacial score (nSPS) is 25.6. The molecule has 2 heterocycles. The predicted molar refractivity (Wildman–Crippen MR) is 71.4 cm³/mol. The fraction of sp³-hybridized carbons (Fsp3) is 0.538. The molecule has 1 aromatic rings. The highest BCUT2D eigenvalue weighted by Crippen LogP contribution is 2.33. The van der Waals surface area contributed by atoms with Crippen molar-refractivity contribution >= 4 is 9.84 Å². The van der Waals surface area contributed by atoms with Gasteiger partial charge in [-0.2, -0.15) is 0 Å². The van der Waals surface area contributed by atoms with Crippen LogP contribution in [0.15, 0.2) is 18.2 Å². The summed E-state index contributed by atoms with van der Waals surface area (Å²) < 4.78 is 34.6. The van der Waals surface area contributed by atoms with Gasteiger partial charge in [-0.15, -0.1) is 0 Å². The van der Waals surface area contributed by atoms with Crippen molar-refractivity contribution in [3.63, 3.8) is 0 Å². The first-order valence-corrected chi connectivity index (χ1v) is 8.29. The molecule has 0 aliphatic carbocycles. The Labute approximate surface area is 112 Å². The smallest absolute Gasteiger partial charge is 0.161 e. The van der Waals surface area contributed by atoms with Gasteiger partial charge in [0.25, 0.3) is 0 Å². The van der Waals surface area contributed by atoms with Crippen molar-refractivity contribution in [2.45, 2.75) is 12.5 Å². The molecule has 0 aromatic heterocycles. The summed E-state index contributed by atoms with van der Waals surface area (Å²) in [6.45, 7) is 1.79. The molecule has 104 valence electrons. The Morgan fingerprint density at radius 2 is 1.95 bits per heavy atom. The molecule has 6 heteroatoms. The van der Waals surface area contributed by atoms with Crippen LogP contribution >= 0.6 is 0 Å². The molecule has 0 amide bonds. The second-order valence-electron chi connectivity index (χ2n) is 4.88. The standard InChI is InChI=1S/C13H17NO4S/c15-19(16)7-4-14-11(9-19)10-2-3-12-13(8-10)18-6-1-5-17-12/h2-3,8,11,14H,1,4-7,9H2. The summed E-state index contributed by atoms with van der Waals surface area (Å²) in [6.07, 6.45) is 0.861. The van der Waals surface area contributed by atoms with Crippen molar-refractivity contribution in [3.05, 3.63) is 23.8 Å². The van der Waals surface area contributed by atoms with Crippen LogP contribution in [0.25, 0.3) is 0 Å². The highest BCUT2D eigenvalue weighted by atomic mass is 32.2. The molecule has 2 aliphatic heterocycles. The number of sulfone groups is 1. The van der Waals surface area contributed by atoms with Crippen LogP contribution in [0.5, 0.6) is 11.5 Å². The topological polar surface area (TPSA) is 64.6 Å². The monoisotopic (exact) mass is 283 g/mol. The van der Waals surface area contributed by atoms with Crippen LogP contribution in [0.3, 0.4) is 0 Å². The molecule has 1 fully saturated rings. The minimum absolute atomic E-state index is 0.145. The van der Waals surface area contributed by atoms with E-state index < -0.39 is 9.84 Å². The van der Waals surface area contributed by atoms with Gasteiger partial charge in [0.15, 0.2) is 21.3 Å². The van der Waals surface area contributed by atoms with Gasteiger partial charge >= 0.3 is 0 Å². The Hall–Kier alpha value is -1.27. The van der Waals surface area contributed by atoms with Crippen LogP contribution in [-0.2, 0) is 9.84 Å². The SMILES string of the molecule is O=S1(=O)CCNC(c2ccc3c(c2)OCCCO3)C1. The van der Waals surface area contributed by atoms with Crippen molar-refractivity contribution in [2.24, 2.45) is 0 Å². The highest BCUT2D eigenvalue weighted by Gasteiger charge is 2.26.